The average molecular weight is 255 g/mol. The maximum absolute atomic E-state index is 12.7. The molecule has 0 saturated carbocycles. The first kappa shape index (κ1) is 14.2. The minimum Gasteiger partial charge on any atom is -0.481 e. The van der Waals surface area contributed by atoms with Crippen molar-refractivity contribution in [2.75, 3.05) is 33.4 Å². The Kier molecular flexibility index (Phi) is 4.76. The molecule has 0 bridgehead atoms. The highest BCUT2D eigenvalue weighted by molar-refractivity contribution is 5.66. The fourth-order valence-electron chi connectivity index (χ4n) is 2.15. The van der Waals surface area contributed by atoms with Crippen molar-refractivity contribution in [3.8, 4) is 0 Å². The lowest BCUT2D eigenvalue weighted by atomic mass is 9.96. The quantitative estimate of drug-likeness (QED) is 0.802. The van der Waals surface area contributed by atoms with Crippen LogP contribution in [0.3, 0.4) is 0 Å². The third kappa shape index (κ3) is 4.16. The van der Waals surface area contributed by atoms with Crippen LogP contribution in [0, 0.1) is 11.8 Å². The zero-order valence-electron chi connectivity index (χ0n) is 9.54. The molecule has 0 aromatic rings. The Morgan fingerprint density at radius 1 is 1.47 bits per heavy atom. The van der Waals surface area contributed by atoms with E-state index in [0.717, 1.165) is 0 Å². The van der Waals surface area contributed by atoms with Gasteiger partial charge in [0.25, 0.3) is 0 Å². The normalized spacial score (nSPS) is 26.4. The maximum Gasteiger partial charge on any atom is 0.393 e. The van der Waals surface area contributed by atoms with Crippen LogP contribution in [0.15, 0.2) is 0 Å². The van der Waals surface area contributed by atoms with Gasteiger partial charge in [-0.2, -0.15) is 13.2 Å². The molecule has 100 valence electrons. The lowest BCUT2D eigenvalue weighted by molar-refractivity contribution is -0.183. The predicted octanol–water partition coefficient (Wildman–Crippen LogP) is 1.22. The molecule has 0 spiro atoms. The van der Waals surface area contributed by atoms with Crippen molar-refractivity contribution in [3.05, 3.63) is 0 Å². The van der Waals surface area contributed by atoms with E-state index in [1.807, 2.05) is 0 Å². The van der Waals surface area contributed by atoms with Crippen molar-refractivity contribution < 1.29 is 27.8 Å². The third-order valence-corrected chi connectivity index (χ3v) is 2.96. The molecule has 1 N–H and O–H groups in total. The fourth-order valence-corrected chi connectivity index (χ4v) is 2.15. The van der Waals surface area contributed by atoms with Gasteiger partial charge in [-0.3, -0.25) is 4.79 Å². The van der Waals surface area contributed by atoms with Gasteiger partial charge in [0.1, 0.15) is 0 Å². The van der Waals surface area contributed by atoms with Gasteiger partial charge in [0.15, 0.2) is 0 Å². The molecule has 1 saturated heterocycles. The van der Waals surface area contributed by atoms with E-state index >= 15 is 0 Å². The van der Waals surface area contributed by atoms with Crippen molar-refractivity contribution in [3.63, 3.8) is 0 Å². The van der Waals surface area contributed by atoms with E-state index in [9.17, 15) is 18.0 Å². The summed E-state index contributed by atoms with van der Waals surface area (Å²) in [5.74, 6) is -3.02. The number of carboxylic acid groups (broad SMARTS) is 1. The number of hydrogen-bond acceptors (Lipinski definition) is 3. The molecule has 0 unspecified atom stereocenters. The summed E-state index contributed by atoms with van der Waals surface area (Å²) in [5.41, 5.74) is 0. The van der Waals surface area contributed by atoms with Gasteiger partial charge in [-0.05, 0) is 0 Å². The van der Waals surface area contributed by atoms with Gasteiger partial charge in [0.05, 0.1) is 18.9 Å². The number of rotatable bonds is 5. The second-order valence-corrected chi connectivity index (χ2v) is 4.27. The number of alkyl halides is 3. The van der Waals surface area contributed by atoms with Gasteiger partial charge in [-0.1, -0.05) is 0 Å². The standard InChI is InChI=1S/C10H16F3NO3/c1-17-6-7-4-14(3-2-9(15)16)5-8(7)10(11,12)13/h7-8H,2-6H2,1H3,(H,15,16)/t7-,8-/m1/s1. The Labute approximate surface area is 97.3 Å². The summed E-state index contributed by atoms with van der Waals surface area (Å²) in [5, 5.41) is 8.50. The zero-order chi connectivity index (χ0) is 13.1. The lowest BCUT2D eigenvalue weighted by Gasteiger charge is -2.20. The van der Waals surface area contributed by atoms with E-state index in [-0.39, 0.29) is 32.7 Å². The van der Waals surface area contributed by atoms with Gasteiger partial charge in [-0.25, -0.2) is 0 Å². The van der Waals surface area contributed by atoms with Crippen molar-refractivity contribution in [1.29, 1.82) is 0 Å². The van der Waals surface area contributed by atoms with Gasteiger partial charge < -0.3 is 14.7 Å². The number of ether oxygens (including phenoxy) is 1. The summed E-state index contributed by atoms with van der Waals surface area (Å²) < 4.78 is 42.9. The summed E-state index contributed by atoms with van der Waals surface area (Å²) in [7, 11) is 1.37. The minimum absolute atomic E-state index is 0.0494. The molecule has 1 heterocycles. The summed E-state index contributed by atoms with van der Waals surface area (Å²) in [6.45, 7) is 0.311. The number of methoxy groups -OCH3 is 1. The van der Waals surface area contributed by atoms with Gasteiger partial charge in [0, 0.05) is 32.7 Å². The van der Waals surface area contributed by atoms with E-state index in [4.69, 9.17) is 9.84 Å². The first-order valence-electron chi connectivity index (χ1n) is 5.34. The van der Waals surface area contributed by atoms with Crippen LogP contribution in [0.25, 0.3) is 0 Å². The molecular formula is C10H16F3NO3. The van der Waals surface area contributed by atoms with Crippen LogP contribution in [-0.4, -0.2) is 55.5 Å². The maximum atomic E-state index is 12.7. The van der Waals surface area contributed by atoms with Crippen LogP contribution in [0.4, 0.5) is 13.2 Å². The summed E-state index contributed by atoms with van der Waals surface area (Å²) in [4.78, 5) is 11.9. The molecule has 0 aliphatic carbocycles. The van der Waals surface area contributed by atoms with E-state index in [1.54, 1.807) is 0 Å². The molecule has 1 aliphatic rings. The monoisotopic (exact) mass is 255 g/mol. The van der Waals surface area contributed by atoms with E-state index in [0.29, 0.717) is 0 Å². The van der Waals surface area contributed by atoms with Crippen LogP contribution < -0.4 is 0 Å². The molecule has 1 aliphatic heterocycles. The average Bonchev–Trinajstić information content (AvgIpc) is 2.58. The second kappa shape index (κ2) is 5.68. The largest absolute Gasteiger partial charge is 0.481 e. The van der Waals surface area contributed by atoms with Crippen molar-refractivity contribution in [1.82, 2.24) is 4.90 Å². The molecule has 2 atom stereocenters. The molecular weight excluding hydrogens is 239 g/mol. The second-order valence-electron chi connectivity index (χ2n) is 4.27. The van der Waals surface area contributed by atoms with Crippen LogP contribution >= 0.6 is 0 Å². The Bertz CT molecular complexity index is 270. The smallest absolute Gasteiger partial charge is 0.393 e. The van der Waals surface area contributed by atoms with Crippen molar-refractivity contribution in [2.45, 2.75) is 12.6 Å². The van der Waals surface area contributed by atoms with Gasteiger partial charge in [-0.15, -0.1) is 0 Å². The molecule has 1 fully saturated rings. The Morgan fingerprint density at radius 3 is 2.59 bits per heavy atom. The Balaban J connectivity index is 2.56. The summed E-state index contributed by atoms with van der Waals surface area (Å²) in [6, 6.07) is 0. The summed E-state index contributed by atoms with van der Waals surface area (Å²) in [6.07, 6.45) is -4.38. The Morgan fingerprint density at radius 2 is 2.12 bits per heavy atom. The highest BCUT2D eigenvalue weighted by Gasteiger charge is 2.49. The first-order chi connectivity index (χ1) is 7.84. The van der Waals surface area contributed by atoms with E-state index in [2.05, 4.69) is 0 Å². The van der Waals surface area contributed by atoms with Crippen LogP contribution in [0.5, 0.6) is 0 Å². The molecule has 4 nitrogen and oxygen atoms in total. The van der Waals surface area contributed by atoms with E-state index in [1.165, 1.54) is 12.0 Å². The molecule has 0 radical (unpaired) electrons. The van der Waals surface area contributed by atoms with E-state index < -0.39 is 24.0 Å². The SMILES string of the molecule is COC[C@H]1CN(CCC(=O)O)C[C@H]1C(F)(F)F. The molecule has 1 rings (SSSR count). The van der Waals surface area contributed by atoms with Crippen molar-refractivity contribution in [2.24, 2.45) is 11.8 Å². The van der Waals surface area contributed by atoms with Crippen LogP contribution in [0.2, 0.25) is 0 Å². The zero-order valence-corrected chi connectivity index (χ0v) is 9.54. The molecule has 0 aromatic carbocycles. The topological polar surface area (TPSA) is 49.8 Å². The number of nitrogens with zero attached hydrogens (tertiary/aromatic N) is 1. The number of aliphatic carboxylic acids is 1. The number of likely N-dealkylation sites (tertiary alicyclic amines) is 1. The van der Waals surface area contributed by atoms with Crippen LogP contribution in [0.1, 0.15) is 6.42 Å². The first-order valence-corrected chi connectivity index (χ1v) is 5.34. The highest BCUT2D eigenvalue weighted by atomic mass is 19.4. The van der Waals surface area contributed by atoms with Gasteiger partial charge in [0.2, 0.25) is 0 Å². The number of carbonyl (C=O) groups is 1. The number of hydrogen-bond donors (Lipinski definition) is 1. The fraction of sp³-hybridized carbons (Fsp3) is 0.900. The molecule has 17 heavy (non-hydrogen) atoms. The number of halogens is 3. The van der Waals surface area contributed by atoms with Gasteiger partial charge >= 0.3 is 12.1 Å². The summed E-state index contributed by atoms with van der Waals surface area (Å²) >= 11 is 0. The number of carboxylic acids is 1. The minimum atomic E-state index is -4.25. The third-order valence-electron chi connectivity index (χ3n) is 2.96. The van der Waals surface area contributed by atoms with Crippen LogP contribution in [-0.2, 0) is 9.53 Å². The molecule has 0 amide bonds. The molecule has 7 heteroatoms. The lowest BCUT2D eigenvalue weighted by Crippen LogP contribution is -2.32. The molecule has 0 aromatic heterocycles. The Hall–Kier alpha value is -0.820. The predicted molar refractivity (Wildman–Crippen MR) is 53.6 cm³/mol. The van der Waals surface area contributed by atoms with Crippen molar-refractivity contribution >= 4 is 5.97 Å². The highest BCUT2D eigenvalue weighted by Crippen LogP contribution is 2.37.